The summed E-state index contributed by atoms with van der Waals surface area (Å²) in [6.45, 7) is 0.757. The molecule has 1 unspecified atom stereocenters. The van der Waals surface area contributed by atoms with Gasteiger partial charge in [0.25, 0.3) is 0 Å². The maximum atomic E-state index is 10.5. The number of aliphatic hydroxyl groups is 1. The summed E-state index contributed by atoms with van der Waals surface area (Å²) in [4.78, 5) is 1.55. The van der Waals surface area contributed by atoms with Gasteiger partial charge in [-0.25, -0.2) is 0 Å². The third-order valence-electron chi connectivity index (χ3n) is 4.15. The van der Waals surface area contributed by atoms with Crippen LogP contribution in [0.2, 0.25) is 0 Å². The fourth-order valence-corrected chi connectivity index (χ4v) is 5.18. The van der Waals surface area contributed by atoms with Crippen LogP contribution in [0.4, 0.5) is 0 Å². The molecule has 3 rings (SSSR count). The van der Waals surface area contributed by atoms with Crippen molar-refractivity contribution in [2.75, 3.05) is 18.1 Å². The summed E-state index contributed by atoms with van der Waals surface area (Å²) < 4.78 is 0. The van der Waals surface area contributed by atoms with Crippen molar-refractivity contribution in [2.24, 2.45) is 0 Å². The van der Waals surface area contributed by atoms with Crippen molar-refractivity contribution < 1.29 is 5.11 Å². The van der Waals surface area contributed by atoms with E-state index in [1.54, 1.807) is 4.88 Å². The summed E-state index contributed by atoms with van der Waals surface area (Å²) >= 11 is 3.85. The summed E-state index contributed by atoms with van der Waals surface area (Å²) in [7, 11) is 0. The highest BCUT2D eigenvalue weighted by molar-refractivity contribution is 7.99. The summed E-state index contributed by atoms with van der Waals surface area (Å²) in [5.74, 6) is 2.21. The average molecular weight is 283 g/mol. The number of thioether (sulfide) groups is 1. The van der Waals surface area contributed by atoms with Gasteiger partial charge in [-0.15, -0.1) is 11.3 Å². The van der Waals surface area contributed by atoms with Crippen molar-refractivity contribution in [1.29, 1.82) is 0 Å². The van der Waals surface area contributed by atoms with Crippen LogP contribution in [0.5, 0.6) is 0 Å². The summed E-state index contributed by atoms with van der Waals surface area (Å²) in [5, 5.41) is 16.4. The standard InChI is InChI=1S/C14H21NOS2/c16-14(5-8-17-9-6-14)10-15-12-2-1-3-13-11(12)4-7-18-13/h4,7,12,15-16H,1-3,5-6,8-10H2. The van der Waals surface area contributed by atoms with Gasteiger partial charge in [0.05, 0.1) is 5.60 Å². The molecule has 2 aliphatic rings. The highest BCUT2D eigenvalue weighted by atomic mass is 32.2. The van der Waals surface area contributed by atoms with Gasteiger partial charge < -0.3 is 10.4 Å². The maximum absolute atomic E-state index is 10.5. The first-order valence-corrected chi connectivity index (χ1v) is 8.90. The molecule has 0 radical (unpaired) electrons. The number of hydrogen-bond donors (Lipinski definition) is 2. The van der Waals surface area contributed by atoms with Crippen molar-refractivity contribution in [1.82, 2.24) is 5.32 Å². The van der Waals surface area contributed by atoms with Crippen molar-refractivity contribution in [3.63, 3.8) is 0 Å². The molecular weight excluding hydrogens is 262 g/mol. The molecule has 2 nitrogen and oxygen atoms in total. The Bertz CT molecular complexity index is 398. The minimum Gasteiger partial charge on any atom is -0.389 e. The van der Waals surface area contributed by atoms with Crippen LogP contribution in [0.15, 0.2) is 11.4 Å². The van der Waals surface area contributed by atoms with Crippen LogP contribution in [0.1, 0.15) is 42.2 Å². The maximum Gasteiger partial charge on any atom is 0.0787 e. The zero-order valence-electron chi connectivity index (χ0n) is 10.7. The Labute approximate surface area is 117 Å². The monoisotopic (exact) mass is 283 g/mol. The largest absolute Gasteiger partial charge is 0.389 e. The highest BCUT2D eigenvalue weighted by Gasteiger charge is 2.31. The van der Waals surface area contributed by atoms with Gasteiger partial charge in [0.1, 0.15) is 0 Å². The number of rotatable bonds is 3. The highest BCUT2D eigenvalue weighted by Crippen LogP contribution is 2.34. The van der Waals surface area contributed by atoms with Gasteiger partial charge in [-0.2, -0.15) is 11.8 Å². The third kappa shape index (κ3) is 2.77. The normalized spacial score (nSPS) is 26.8. The molecule has 1 saturated heterocycles. The first kappa shape index (κ1) is 13.0. The Balaban J connectivity index is 1.61. The predicted molar refractivity (Wildman–Crippen MR) is 79.5 cm³/mol. The molecule has 0 amide bonds. The molecule has 1 aromatic heterocycles. The van der Waals surface area contributed by atoms with Crippen molar-refractivity contribution in [3.05, 3.63) is 21.9 Å². The molecule has 18 heavy (non-hydrogen) atoms. The zero-order valence-corrected chi connectivity index (χ0v) is 12.3. The van der Waals surface area contributed by atoms with Crippen LogP contribution >= 0.6 is 23.1 Å². The Morgan fingerprint density at radius 3 is 3.06 bits per heavy atom. The fourth-order valence-electron chi connectivity index (χ4n) is 2.94. The molecule has 4 heteroatoms. The predicted octanol–water partition coefficient (Wildman–Crippen LogP) is 2.97. The van der Waals surface area contributed by atoms with Gasteiger partial charge in [0, 0.05) is 17.5 Å². The van der Waals surface area contributed by atoms with E-state index in [1.165, 1.54) is 24.8 Å². The van der Waals surface area contributed by atoms with Crippen LogP contribution < -0.4 is 5.32 Å². The smallest absolute Gasteiger partial charge is 0.0787 e. The number of nitrogens with one attached hydrogen (secondary N) is 1. The van der Waals surface area contributed by atoms with E-state index in [2.05, 4.69) is 16.8 Å². The van der Waals surface area contributed by atoms with E-state index >= 15 is 0 Å². The molecule has 2 N–H and O–H groups in total. The van der Waals surface area contributed by atoms with E-state index in [-0.39, 0.29) is 0 Å². The van der Waals surface area contributed by atoms with Gasteiger partial charge in [0.2, 0.25) is 0 Å². The number of aryl methyl sites for hydroxylation is 1. The quantitative estimate of drug-likeness (QED) is 0.894. The molecule has 2 heterocycles. The van der Waals surface area contributed by atoms with E-state index in [0.29, 0.717) is 6.04 Å². The van der Waals surface area contributed by atoms with Crippen molar-refractivity contribution in [3.8, 4) is 0 Å². The molecule has 0 bridgehead atoms. The Morgan fingerprint density at radius 2 is 2.22 bits per heavy atom. The van der Waals surface area contributed by atoms with Crippen molar-refractivity contribution in [2.45, 2.75) is 43.7 Å². The molecular formula is C14H21NOS2. The molecule has 1 aliphatic carbocycles. The second kappa shape index (κ2) is 5.53. The molecule has 0 saturated carbocycles. The lowest BCUT2D eigenvalue weighted by atomic mass is 9.91. The zero-order chi connectivity index (χ0) is 12.4. The molecule has 1 fully saturated rings. The Morgan fingerprint density at radius 1 is 1.39 bits per heavy atom. The van der Waals surface area contributed by atoms with Crippen LogP contribution in [0.25, 0.3) is 0 Å². The minimum absolute atomic E-state index is 0.459. The van der Waals surface area contributed by atoms with Crippen LogP contribution in [-0.2, 0) is 6.42 Å². The van der Waals surface area contributed by atoms with Crippen LogP contribution in [0.3, 0.4) is 0 Å². The Hall–Kier alpha value is -0.0300. The molecule has 0 spiro atoms. The molecule has 1 aromatic rings. The SMILES string of the molecule is OC1(CNC2CCCc3sccc32)CCSCC1. The van der Waals surface area contributed by atoms with Crippen molar-refractivity contribution >= 4 is 23.1 Å². The van der Waals surface area contributed by atoms with E-state index in [4.69, 9.17) is 0 Å². The first-order chi connectivity index (χ1) is 8.77. The summed E-state index contributed by atoms with van der Waals surface area (Å²) in [6.07, 6.45) is 5.61. The summed E-state index contributed by atoms with van der Waals surface area (Å²) in [6, 6.07) is 2.73. The van der Waals surface area contributed by atoms with E-state index in [9.17, 15) is 5.11 Å². The van der Waals surface area contributed by atoms with Gasteiger partial charge in [-0.1, -0.05) is 0 Å². The van der Waals surface area contributed by atoms with Gasteiger partial charge in [0.15, 0.2) is 0 Å². The van der Waals surface area contributed by atoms with E-state index in [1.807, 2.05) is 23.1 Å². The summed E-state index contributed by atoms with van der Waals surface area (Å²) in [5.41, 5.74) is 1.03. The van der Waals surface area contributed by atoms with Crippen LogP contribution in [0, 0.1) is 0 Å². The molecule has 1 atom stereocenters. The second-order valence-corrected chi connectivity index (χ2v) is 7.69. The number of fused-ring (bicyclic) bond motifs is 1. The third-order valence-corrected chi connectivity index (χ3v) is 6.14. The van der Waals surface area contributed by atoms with Gasteiger partial charge >= 0.3 is 0 Å². The minimum atomic E-state index is -0.459. The van der Waals surface area contributed by atoms with E-state index < -0.39 is 5.60 Å². The molecule has 1 aliphatic heterocycles. The lowest BCUT2D eigenvalue weighted by Crippen LogP contribution is -2.44. The van der Waals surface area contributed by atoms with Gasteiger partial charge in [-0.3, -0.25) is 0 Å². The Kier molecular flexibility index (Phi) is 3.99. The molecule has 100 valence electrons. The molecule has 0 aromatic carbocycles. The first-order valence-electron chi connectivity index (χ1n) is 6.87. The van der Waals surface area contributed by atoms with Gasteiger partial charge in [-0.05, 0) is 60.6 Å². The lowest BCUT2D eigenvalue weighted by Gasteiger charge is -2.34. The second-order valence-electron chi connectivity index (χ2n) is 5.46. The number of thiophene rings is 1. The van der Waals surface area contributed by atoms with Crippen LogP contribution in [-0.4, -0.2) is 28.8 Å². The number of hydrogen-bond acceptors (Lipinski definition) is 4. The average Bonchev–Trinajstić information content (AvgIpc) is 2.86. The lowest BCUT2D eigenvalue weighted by molar-refractivity contribution is 0.0290. The topological polar surface area (TPSA) is 32.3 Å². The fraction of sp³-hybridized carbons (Fsp3) is 0.714. The van der Waals surface area contributed by atoms with E-state index in [0.717, 1.165) is 30.9 Å².